The Kier molecular flexibility index (Phi) is 3.76. The first kappa shape index (κ1) is 14.5. The molecule has 0 bridgehead atoms. The molecule has 0 saturated heterocycles. The molecular formula is C16H13BrClFN2. The molecule has 2 nitrogen and oxygen atoms in total. The average molecular weight is 368 g/mol. The molecule has 0 aliphatic rings. The highest BCUT2D eigenvalue weighted by Gasteiger charge is 2.18. The molecule has 0 aliphatic heterocycles. The summed E-state index contributed by atoms with van der Waals surface area (Å²) >= 11 is 9.80. The fraction of sp³-hybridized carbons (Fsp3) is 0.188. The van der Waals surface area contributed by atoms with E-state index in [1.165, 1.54) is 12.1 Å². The van der Waals surface area contributed by atoms with Crippen molar-refractivity contribution in [1.82, 2.24) is 9.55 Å². The van der Waals surface area contributed by atoms with Crippen molar-refractivity contribution in [1.29, 1.82) is 0 Å². The van der Waals surface area contributed by atoms with Crippen LogP contribution in [0.2, 0.25) is 0 Å². The molecule has 0 spiro atoms. The van der Waals surface area contributed by atoms with E-state index in [9.17, 15) is 4.39 Å². The van der Waals surface area contributed by atoms with Gasteiger partial charge in [0.1, 0.15) is 11.6 Å². The molecule has 1 aromatic heterocycles. The zero-order chi connectivity index (χ0) is 15.1. The van der Waals surface area contributed by atoms with E-state index in [1.54, 1.807) is 6.07 Å². The maximum Gasteiger partial charge on any atom is 0.132 e. The number of alkyl halides is 1. The Morgan fingerprint density at radius 1 is 1.29 bits per heavy atom. The van der Waals surface area contributed by atoms with Crippen LogP contribution in [0.1, 0.15) is 23.7 Å². The molecule has 0 aliphatic carbocycles. The number of hydrogen-bond acceptors (Lipinski definition) is 1. The quantitative estimate of drug-likeness (QED) is 0.544. The normalized spacial score (nSPS) is 12.8. The van der Waals surface area contributed by atoms with Gasteiger partial charge in [0.15, 0.2) is 0 Å². The van der Waals surface area contributed by atoms with Gasteiger partial charge in [-0.25, -0.2) is 9.37 Å². The Morgan fingerprint density at radius 2 is 2.05 bits per heavy atom. The molecule has 3 aromatic rings. The molecule has 0 N–H and O–H groups in total. The van der Waals surface area contributed by atoms with Crippen LogP contribution in [0.25, 0.3) is 16.7 Å². The Bertz CT molecular complexity index is 827. The van der Waals surface area contributed by atoms with Crippen molar-refractivity contribution in [2.24, 2.45) is 0 Å². The van der Waals surface area contributed by atoms with E-state index in [1.807, 2.05) is 36.6 Å². The molecule has 3 rings (SSSR count). The molecule has 2 aromatic carbocycles. The summed E-state index contributed by atoms with van der Waals surface area (Å²) in [7, 11) is 0. The SMILES string of the molecule is Cc1c(Br)cccc1-n1c(C(C)Cl)nc2ccc(F)cc21. The fourth-order valence-electron chi connectivity index (χ4n) is 2.43. The van der Waals surface area contributed by atoms with Crippen LogP contribution in [0.4, 0.5) is 4.39 Å². The summed E-state index contributed by atoms with van der Waals surface area (Å²) in [6, 6.07) is 10.5. The Morgan fingerprint density at radius 3 is 2.76 bits per heavy atom. The number of aromatic nitrogens is 2. The lowest BCUT2D eigenvalue weighted by molar-refractivity contribution is 0.629. The van der Waals surface area contributed by atoms with E-state index < -0.39 is 0 Å². The van der Waals surface area contributed by atoms with Crippen molar-refractivity contribution in [2.45, 2.75) is 19.2 Å². The summed E-state index contributed by atoms with van der Waals surface area (Å²) in [6.07, 6.45) is 0. The highest BCUT2D eigenvalue weighted by molar-refractivity contribution is 9.10. The summed E-state index contributed by atoms with van der Waals surface area (Å²) < 4.78 is 16.6. The monoisotopic (exact) mass is 366 g/mol. The molecular weight excluding hydrogens is 355 g/mol. The lowest BCUT2D eigenvalue weighted by Gasteiger charge is -2.14. The van der Waals surface area contributed by atoms with Crippen LogP contribution in [-0.4, -0.2) is 9.55 Å². The van der Waals surface area contributed by atoms with Gasteiger partial charge in [-0.15, -0.1) is 11.6 Å². The Labute approximate surface area is 135 Å². The van der Waals surface area contributed by atoms with E-state index >= 15 is 0 Å². The third-order valence-electron chi connectivity index (χ3n) is 3.48. The molecule has 0 amide bonds. The van der Waals surface area contributed by atoms with Crippen LogP contribution < -0.4 is 0 Å². The minimum atomic E-state index is -0.287. The number of imidazole rings is 1. The number of rotatable bonds is 2. The predicted octanol–water partition coefficient (Wildman–Crippen LogP) is 5.54. The predicted molar refractivity (Wildman–Crippen MR) is 87.7 cm³/mol. The number of nitrogens with zero attached hydrogens (tertiary/aromatic N) is 2. The first-order valence-corrected chi connectivity index (χ1v) is 7.79. The molecule has 5 heteroatoms. The molecule has 0 radical (unpaired) electrons. The zero-order valence-electron chi connectivity index (χ0n) is 11.6. The lowest BCUT2D eigenvalue weighted by Crippen LogP contribution is -2.04. The highest BCUT2D eigenvalue weighted by Crippen LogP contribution is 2.31. The van der Waals surface area contributed by atoms with Gasteiger partial charge in [-0.3, -0.25) is 4.57 Å². The molecule has 108 valence electrons. The molecule has 1 heterocycles. The molecule has 0 saturated carbocycles. The second kappa shape index (κ2) is 5.43. The molecule has 1 unspecified atom stereocenters. The highest BCUT2D eigenvalue weighted by atomic mass is 79.9. The topological polar surface area (TPSA) is 17.8 Å². The van der Waals surface area contributed by atoms with Crippen molar-refractivity contribution in [3.8, 4) is 5.69 Å². The van der Waals surface area contributed by atoms with E-state index in [0.717, 1.165) is 26.8 Å². The van der Waals surface area contributed by atoms with Gasteiger partial charge in [-0.05, 0) is 43.7 Å². The maximum absolute atomic E-state index is 13.6. The third kappa shape index (κ3) is 2.47. The zero-order valence-corrected chi connectivity index (χ0v) is 13.9. The van der Waals surface area contributed by atoms with Gasteiger partial charge in [0.25, 0.3) is 0 Å². The summed E-state index contributed by atoms with van der Waals surface area (Å²) in [5, 5.41) is -0.279. The number of benzene rings is 2. The second-order valence-electron chi connectivity index (χ2n) is 4.94. The third-order valence-corrected chi connectivity index (χ3v) is 4.53. The van der Waals surface area contributed by atoms with Gasteiger partial charge >= 0.3 is 0 Å². The van der Waals surface area contributed by atoms with Crippen LogP contribution in [-0.2, 0) is 0 Å². The minimum Gasteiger partial charge on any atom is -0.295 e. The average Bonchev–Trinajstić information content (AvgIpc) is 2.80. The van der Waals surface area contributed by atoms with Crippen LogP contribution in [0, 0.1) is 12.7 Å². The van der Waals surface area contributed by atoms with Crippen LogP contribution in [0.15, 0.2) is 40.9 Å². The van der Waals surface area contributed by atoms with Crippen molar-refractivity contribution < 1.29 is 4.39 Å². The van der Waals surface area contributed by atoms with E-state index in [4.69, 9.17) is 11.6 Å². The fourth-order valence-corrected chi connectivity index (χ4v) is 2.93. The van der Waals surface area contributed by atoms with Gasteiger partial charge in [-0.2, -0.15) is 0 Å². The number of halogens is 3. The van der Waals surface area contributed by atoms with Crippen molar-refractivity contribution in [2.75, 3.05) is 0 Å². The summed E-state index contributed by atoms with van der Waals surface area (Å²) in [6.45, 7) is 3.87. The van der Waals surface area contributed by atoms with Crippen LogP contribution in [0.5, 0.6) is 0 Å². The first-order chi connectivity index (χ1) is 9.99. The maximum atomic E-state index is 13.6. The smallest absolute Gasteiger partial charge is 0.132 e. The number of hydrogen-bond donors (Lipinski definition) is 0. The summed E-state index contributed by atoms with van der Waals surface area (Å²) in [4.78, 5) is 4.55. The molecule has 0 fully saturated rings. The van der Waals surface area contributed by atoms with Gasteiger partial charge in [0.05, 0.1) is 22.1 Å². The van der Waals surface area contributed by atoms with E-state index in [-0.39, 0.29) is 11.2 Å². The Hall–Kier alpha value is -1.39. The van der Waals surface area contributed by atoms with Gasteiger partial charge < -0.3 is 0 Å². The van der Waals surface area contributed by atoms with Gasteiger partial charge in [0, 0.05) is 10.5 Å². The van der Waals surface area contributed by atoms with Crippen molar-refractivity contribution in [3.05, 3.63) is 58.1 Å². The first-order valence-electron chi connectivity index (χ1n) is 6.56. The van der Waals surface area contributed by atoms with Crippen LogP contribution >= 0.6 is 27.5 Å². The van der Waals surface area contributed by atoms with Crippen LogP contribution in [0.3, 0.4) is 0 Å². The van der Waals surface area contributed by atoms with E-state index in [0.29, 0.717) is 5.82 Å². The van der Waals surface area contributed by atoms with E-state index in [2.05, 4.69) is 20.9 Å². The lowest BCUT2D eigenvalue weighted by atomic mass is 10.2. The second-order valence-corrected chi connectivity index (χ2v) is 6.45. The minimum absolute atomic E-state index is 0.279. The standard InChI is InChI=1S/C16H13BrClFN2/c1-9-12(17)4-3-5-14(9)21-15-8-11(19)6-7-13(15)20-16(21)10(2)18/h3-8,10H,1-2H3. The van der Waals surface area contributed by atoms with Gasteiger partial charge in [0.2, 0.25) is 0 Å². The van der Waals surface area contributed by atoms with Crippen molar-refractivity contribution >= 4 is 38.6 Å². The largest absolute Gasteiger partial charge is 0.295 e. The molecule has 1 atom stereocenters. The Balaban J connectivity index is 2.41. The summed E-state index contributed by atoms with van der Waals surface area (Å²) in [5.41, 5.74) is 3.46. The summed E-state index contributed by atoms with van der Waals surface area (Å²) in [5.74, 6) is 0.420. The number of fused-ring (bicyclic) bond motifs is 1. The molecule has 21 heavy (non-hydrogen) atoms. The van der Waals surface area contributed by atoms with Crippen molar-refractivity contribution in [3.63, 3.8) is 0 Å². The van der Waals surface area contributed by atoms with Gasteiger partial charge in [-0.1, -0.05) is 22.0 Å².